The normalized spacial score (nSPS) is 14.2. The number of benzene rings is 2. The van der Waals surface area contributed by atoms with Crippen LogP contribution in [0.25, 0.3) is 0 Å². The number of aryl methyl sites for hydroxylation is 1. The molecule has 0 aliphatic carbocycles. The predicted octanol–water partition coefficient (Wildman–Crippen LogP) is 3.79. The average molecular weight is 469 g/mol. The van der Waals surface area contributed by atoms with E-state index < -0.39 is 0 Å². The quantitative estimate of drug-likeness (QED) is 0.529. The predicted molar refractivity (Wildman–Crippen MR) is 134 cm³/mol. The number of aromatic amines is 1. The number of para-hydroxylation sites is 1. The second kappa shape index (κ2) is 11.0. The minimum atomic E-state index is -0.339. The van der Waals surface area contributed by atoms with Gasteiger partial charge in [0, 0.05) is 42.6 Å². The maximum atomic E-state index is 12.9. The highest BCUT2D eigenvalue weighted by molar-refractivity contribution is 6.12. The lowest BCUT2D eigenvalue weighted by Crippen LogP contribution is -2.28. The molecule has 3 aromatic rings. The molecule has 0 atom stereocenters. The number of likely N-dealkylation sites (N-methyl/N-ethyl adjacent to an activating group) is 1. The third-order valence-electron chi connectivity index (χ3n) is 5.58. The summed E-state index contributed by atoms with van der Waals surface area (Å²) in [5.41, 5.74) is 3.32. The number of anilines is 3. The Bertz CT molecular complexity index is 1100. The Morgan fingerprint density at radius 2 is 1.70 bits per heavy atom. The number of carbonyl (C=O) groups excluding carboxylic acids is 2. The summed E-state index contributed by atoms with van der Waals surface area (Å²) in [4.78, 5) is 30.2. The molecule has 0 radical (unpaired) electrons. The molecule has 3 N–H and O–H groups in total. The molecule has 0 spiro atoms. The fourth-order valence-electron chi connectivity index (χ4n) is 3.78. The number of hydrogen-bond donors (Lipinski definition) is 3. The maximum absolute atomic E-state index is 12.9. The van der Waals surface area contributed by atoms with Crippen molar-refractivity contribution in [1.29, 1.82) is 0 Å². The Morgan fingerprint density at radius 3 is 2.42 bits per heavy atom. The standard InChI is InChI=1S/C24H28N6O2.ClH/c1-17-16-22(28-27-17)26-24(32)20-6-3-4-7-21(20)25-23(31)18-8-10-19(11-9-18)30-13-5-12-29(2)14-15-30;/h3-4,6-11,16H,5,12-15H2,1-2H3,(H,25,31)(H2,26,27,28,32);1H. The topological polar surface area (TPSA) is 93.4 Å². The van der Waals surface area contributed by atoms with E-state index in [2.05, 4.69) is 37.7 Å². The summed E-state index contributed by atoms with van der Waals surface area (Å²) >= 11 is 0. The summed E-state index contributed by atoms with van der Waals surface area (Å²) < 4.78 is 0. The van der Waals surface area contributed by atoms with Crippen molar-refractivity contribution in [1.82, 2.24) is 15.1 Å². The molecular weight excluding hydrogens is 440 g/mol. The monoisotopic (exact) mass is 468 g/mol. The first-order valence-corrected chi connectivity index (χ1v) is 10.8. The summed E-state index contributed by atoms with van der Waals surface area (Å²) in [5.74, 6) is -0.166. The van der Waals surface area contributed by atoms with Crippen LogP contribution in [0.1, 0.15) is 32.8 Å². The van der Waals surface area contributed by atoms with Crippen LogP contribution in [0.4, 0.5) is 17.2 Å². The van der Waals surface area contributed by atoms with Crippen molar-refractivity contribution in [3.8, 4) is 0 Å². The third kappa shape index (κ3) is 6.12. The maximum Gasteiger partial charge on any atom is 0.258 e. The van der Waals surface area contributed by atoms with Crippen LogP contribution in [-0.4, -0.2) is 60.1 Å². The number of carbonyl (C=O) groups is 2. The number of rotatable bonds is 5. The molecule has 174 valence electrons. The van der Waals surface area contributed by atoms with E-state index in [1.54, 1.807) is 30.3 Å². The first-order chi connectivity index (χ1) is 15.5. The second-order valence-corrected chi connectivity index (χ2v) is 8.08. The molecule has 4 rings (SSSR count). The van der Waals surface area contributed by atoms with E-state index >= 15 is 0 Å². The molecule has 1 fully saturated rings. The van der Waals surface area contributed by atoms with Gasteiger partial charge < -0.3 is 20.4 Å². The van der Waals surface area contributed by atoms with E-state index in [-0.39, 0.29) is 24.2 Å². The average Bonchev–Trinajstić information content (AvgIpc) is 3.07. The van der Waals surface area contributed by atoms with Crippen molar-refractivity contribution in [2.45, 2.75) is 13.3 Å². The highest BCUT2D eigenvalue weighted by Gasteiger charge is 2.16. The summed E-state index contributed by atoms with van der Waals surface area (Å²) in [5, 5.41) is 12.4. The van der Waals surface area contributed by atoms with Gasteiger partial charge in [0.1, 0.15) is 0 Å². The van der Waals surface area contributed by atoms with Crippen LogP contribution in [0.15, 0.2) is 54.6 Å². The van der Waals surface area contributed by atoms with Crippen LogP contribution >= 0.6 is 12.4 Å². The van der Waals surface area contributed by atoms with Crippen molar-refractivity contribution in [3.63, 3.8) is 0 Å². The van der Waals surface area contributed by atoms with Crippen molar-refractivity contribution in [2.75, 3.05) is 48.8 Å². The lowest BCUT2D eigenvalue weighted by atomic mass is 10.1. The Labute approximate surface area is 199 Å². The molecule has 8 nitrogen and oxygen atoms in total. The lowest BCUT2D eigenvalue weighted by Gasteiger charge is -2.23. The van der Waals surface area contributed by atoms with E-state index in [1.807, 2.05) is 31.2 Å². The zero-order chi connectivity index (χ0) is 22.5. The van der Waals surface area contributed by atoms with E-state index in [0.717, 1.165) is 44.0 Å². The highest BCUT2D eigenvalue weighted by Crippen LogP contribution is 2.20. The van der Waals surface area contributed by atoms with Crippen LogP contribution in [0.3, 0.4) is 0 Å². The number of H-pyrrole nitrogens is 1. The number of halogens is 1. The molecule has 2 aromatic carbocycles. The van der Waals surface area contributed by atoms with Crippen molar-refractivity contribution in [3.05, 3.63) is 71.4 Å². The molecule has 0 bridgehead atoms. The van der Waals surface area contributed by atoms with Crippen LogP contribution < -0.4 is 15.5 Å². The second-order valence-electron chi connectivity index (χ2n) is 8.08. The van der Waals surface area contributed by atoms with Crippen LogP contribution in [0.5, 0.6) is 0 Å². The fraction of sp³-hybridized carbons (Fsp3) is 0.292. The van der Waals surface area contributed by atoms with E-state index in [4.69, 9.17) is 0 Å². The molecule has 0 unspecified atom stereocenters. The highest BCUT2D eigenvalue weighted by atomic mass is 35.5. The number of nitrogens with one attached hydrogen (secondary N) is 3. The summed E-state index contributed by atoms with van der Waals surface area (Å²) in [6.07, 6.45) is 1.12. The Morgan fingerprint density at radius 1 is 0.939 bits per heavy atom. The number of amides is 2. The molecule has 33 heavy (non-hydrogen) atoms. The summed E-state index contributed by atoms with van der Waals surface area (Å²) in [6, 6.07) is 16.3. The minimum absolute atomic E-state index is 0. The van der Waals surface area contributed by atoms with Crippen LogP contribution in [0.2, 0.25) is 0 Å². The van der Waals surface area contributed by atoms with Gasteiger partial charge in [-0.2, -0.15) is 5.10 Å². The van der Waals surface area contributed by atoms with Crippen molar-refractivity contribution < 1.29 is 9.59 Å². The summed E-state index contributed by atoms with van der Waals surface area (Å²) in [7, 11) is 2.14. The van der Waals surface area contributed by atoms with E-state index in [0.29, 0.717) is 22.6 Å². The van der Waals surface area contributed by atoms with Crippen LogP contribution in [0, 0.1) is 6.92 Å². The molecule has 2 heterocycles. The van der Waals surface area contributed by atoms with Gasteiger partial charge >= 0.3 is 0 Å². The number of aromatic nitrogens is 2. The van der Waals surface area contributed by atoms with Gasteiger partial charge in [-0.3, -0.25) is 14.7 Å². The number of hydrogen-bond acceptors (Lipinski definition) is 5. The Balaban J connectivity index is 0.00000306. The molecule has 1 saturated heterocycles. The Kier molecular flexibility index (Phi) is 8.08. The molecule has 1 aliphatic heterocycles. The van der Waals surface area contributed by atoms with Gasteiger partial charge in [-0.1, -0.05) is 12.1 Å². The SMILES string of the molecule is Cc1cc(NC(=O)c2ccccc2NC(=O)c2ccc(N3CCCN(C)CC3)cc2)n[nH]1.Cl. The molecule has 1 aromatic heterocycles. The Hall–Kier alpha value is -3.36. The first kappa shape index (κ1) is 24.3. The van der Waals surface area contributed by atoms with Gasteiger partial charge in [0.2, 0.25) is 0 Å². The first-order valence-electron chi connectivity index (χ1n) is 10.8. The molecular formula is C24H29ClN6O2. The lowest BCUT2D eigenvalue weighted by molar-refractivity contribution is 0.102. The van der Waals surface area contributed by atoms with E-state index in [1.165, 1.54) is 0 Å². The summed E-state index contributed by atoms with van der Waals surface area (Å²) in [6.45, 7) is 5.96. The van der Waals surface area contributed by atoms with Gasteiger partial charge in [-0.25, -0.2) is 0 Å². The van der Waals surface area contributed by atoms with Gasteiger partial charge in [0.15, 0.2) is 5.82 Å². The molecule has 0 saturated carbocycles. The van der Waals surface area contributed by atoms with Crippen molar-refractivity contribution >= 4 is 41.4 Å². The van der Waals surface area contributed by atoms with Crippen LogP contribution in [-0.2, 0) is 0 Å². The molecule has 9 heteroatoms. The molecule has 2 amide bonds. The van der Waals surface area contributed by atoms with Gasteiger partial charge in [-0.05, 0) is 63.3 Å². The van der Waals surface area contributed by atoms with E-state index in [9.17, 15) is 9.59 Å². The minimum Gasteiger partial charge on any atom is -0.370 e. The van der Waals surface area contributed by atoms with Gasteiger partial charge in [0.05, 0.1) is 11.3 Å². The van der Waals surface area contributed by atoms with Gasteiger partial charge in [-0.15, -0.1) is 12.4 Å². The molecule has 1 aliphatic rings. The zero-order valence-corrected chi connectivity index (χ0v) is 19.6. The van der Waals surface area contributed by atoms with Crippen molar-refractivity contribution in [2.24, 2.45) is 0 Å². The largest absolute Gasteiger partial charge is 0.370 e. The zero-order valence-electron chi connectivity index (χ0n) is 18.8. The smallest absolute Gasteiger partial charge is 0.258 e. The third-order valence-corrected chi connectivity index (χ3v) is 5.58. The van der Waals surface area contributed by atoms with Gasteiger partial charge in [0.25, 0.3) is 11.8 Å². The fourth-order valence-corrected chi connectivity index (χ4v) is 3.78. The number of nitrogens with zero attached hydrogens (tertiary/aromatic N) is 3.